The number of carboxylic acid groups (broad SMARTS) is 1. The second kappa shape index (κ2) is 12.2. The predicted molar refractivity (Wildman–Crippen MR) is 144 cm³/mol. The summed E-state index contributed by atoms with van der Waals surface area (Å²) in [6.07, 6.45) is -0.125. The molecule has 1 heterocycles. The highest BCUT2D eigenvalue weighted by molar-refractivity contribution is 7.00. The van der Waals surface area contributed by atoms with E-state index in [1.807, 2.05) is 0 Å². The van der Waals surface area contributed by atoms with Crippen molar-refractivity contribution in [2.45, 2.75) is 6.42 Å². The molecule has 0 aliphatic rings. The van der Waals surface area contributed by atoms with Gasteiger partial charge in [0.2, 0.25) is 0 Å². The lowest BCUT2D eigenvalue weighted by atomic mass is 9.89. The number of carboxylic acids is 1. The van der Waals surface area contributed by atoms with Crippen LogP contribution in [0.4, 0.5) is 0 Å². The van der Waals surface area contributed by atoms with Crippen LogP contribution in [0.25, 0.3) is 16.6 Å². The largest absolute Gasteiger partial charge is 0.497 e. The van der Waals surface area contributed by atoms with Crippen LogP contribution in [0.1, 0.15) is 21.5 Å². The van der Waals surface area contributed by atoms with Crippen molar-refractivity contribution >= 4 is 46.1 Å². The van der Waals surface area contributed by atoms with Gasteiger partial charge in [-0.25, -0.2) is 9.59 Å². The SMILES string of the molecule is COC(=O)COc1cc(OC)ccc1CC(C(=O)c1ccc(OC)cc1)=C(C(=O)O)c1ccc2nsnc2c1. The molecule has 4 rings (SSSR count). The average Bonchev–Trinajstić information content (AvgIpc) is 3.43. The molecule has 0 saturated carbocycles. The van der Waals surface area contributed by atoms with Gasteiger partial charge in [-0.1, -0.05) is 12.1 Å². The summed E-state index contributed by atoms with van der Waals surface area (Å²) in [5.74, 6) is -1.16. The Morgan fingerprint density at radius 2 is 1.49 bits per heavy atom. The maximum absolute atomic E-state index is 13.9. The van der Waals surface area contributed by atoms with Gasteiger partial charge in [-0.2, -0.15) is 8.75 Å². The van der Waals surface area contributed by atoms with Crippen molar-refractivity contribution in [2.75, 3.05) is 27.9 Å². The molecule has 10 nitrogen and oxygen atoms in total. The van der Waals surface area contributed by atoms with Gasteiger partial charge in [0, 0.05) is 23.6 Å². The Kier molecular flexibility index (Phi) is 8.52. The normalized spacial score (nSPS) is 11.5. The molecular weight excluding hydrogens is 524 g/mol. The van der Waals surface area contributed by atoms with Crippen molar-refractivity contribution in [3.63, 3.8) is 0 Å². The van der Waals surface area contributed by atoms with Gasteiger partial charge in [-0.3, -0.25) is 4.79 Å². The number of hydrogen-bond acceptors (Lipinski definition) is 10. The number of ether oxygens (including phenoxy) is 4. The summed E-state index contributed by atoms with van der Waals surface area (Å²) in [4.78, 5) is 38.4. The van der Waals surface area contributed by atoms with Crippen LogP contribution in [0, 0.1) is 0 Å². The molecule has 0 bridgehead atoms. The number of Topliss-reactive ketones (excluding diaryl/α,β-unsaturated/α-hetero) is 1. The van der Waals surface area contributed by atoms with Crippen molar-refractivity contribution in [1.29, 1.82) is 0 Å². The van der Waals surface area contributed by atoms with Crippen molar-refractivity contribution < 1.29 is 38.4 Å². The minimum absolute atomic E-state index is 0.00305. The molecule has 0 saturated heterocycles. The third-order valence-electron chi connectivity index (χ3n) is 5.90. The first-order chi connectivity index (χ1) is 18.8. The van der Waals surface area contributed by atoms with Crippen molar-refractivity contribution in [3.05, 3.63) is 82.9 Å². The molecule has 0 unspecified atom stereocenters. The first-order valence-corrected chi connectivity index (χ1v) is 12.3. The number of fused-ring (bicyclic) bond motifs is 1. The maximum atomic E-state index is 13.9. The molecule has 39 heavy (non-hydrogen) atoms. The van der Waals surface area contributed by atoms with Crippen LogP contribution in [0.15, 0.2) is 66.2 Å². The van der Waals surface area contributed by atoms with Crippen LogP contribution in [-0.2, 0) is 20.7 Å². The molecule has 0 radical (unpaired) electrons. The van der Waals surface area contributed by atoms with E-state index in [-0.39, 0.29) is 35.5 Å². The maximum Gasteiger partial charge on any atom is 0.343 e. The van der Waals surface area contributed by atoms with Gasteiger partial charge in [0.1, 0.15) is 28.3 Å². The minimum atomic E-state index is -1.29. The zero-order valence-corrected chi connectivity index (χ0v) is 22.1. The number of carbonyl (C=O) groups excluding carboxylic acids is 2. The Balaban J connectivity index is 1.88. The molecule has 3 aromatic carbocycles. The molecule has 0 aliphatic heterocycles. The van der Waals surface area contributed by atoms with E-state index in [2.05, 4.69) is 13.5 Å². The number of nitrogens with zero attached hydrogens (tertiary/aromatic N) is 2. The van der Waals surface area contributed by atoms with Gasteiger partial charge in [-0.15, -0.1) is 0 Å². The topological polar surface area (TPSA) is 134 Å². The Morgan fingerprint density at radius 1 is 0.821 bits per heavy atom. The van der Waals surface area contributed by atoms with E-state index in [1.54, 1.807) is 60.7 Å². The van der Waals surface area contributed by atoms with Gasteiger partial charge < -0.3 is 24.1 Å². The van der Waals surface area contributed by atoms with E-state index in [1.165, 1.54) is 21.3 Å². The molecule has 11 heteroatoms. The Morgan fingerprint density at radius 3 is 2.15 bits per heavy atom. The molecule has 0 fully saturated rings. The van der Waals surface area contributed by atoms with Crippen LogP contribution < -0.4 is 14.2 Å². The lowest BCUT2D eigenvalue weighted by Gasteiger charge is -2.16. The fourth-order valence-corrected chi connectivity index (χ4v) is 4.41. The number of benzene rings is 3. The van der Waals surface area contributed by atoms with Crippen molar-refractivity contribution in [1.82, 2.24) is 8.75 Å². The van der Waals surface area contributed by atoms with E-state index < -0.39 is 17.7 Å². The molecule has 200 valence electrons. The highest BCUT2D eigenvalue weighted by atomic mass is 32.1. The number of carbonyl (C=O) groups is 3. The first-order valence-electron chi connectivity index (χ1n) is 11.6. The van der Waals surface area contributed by atoms with E-state index in [0.717, 1.165) is 11.7 Å². The Labute approximate surface area is 227 Å². The van der Waals surface area contributed by atoms with Gasteiger partial charge in [0.25, 0.3) is 0 Å². The Bertz CT molecular complexity index is 1560. The molecule has 0 spiro atoms. The van der Waals surface area contributed by atoms with E-state index >= 15 is 0 Å². The van der Waals surface area contributed by atoms with Crippen molar-refractivity contribution in [3.8, 4) is 17.2 Å². The zero-order chi connectivity index (χ0) is 27.9. The fraction of sp³-hybridized carbons (Fsp3) is 0.179. The van der Waals surface area contributed by atoms with E-state index in [9.17, 15) is 19.5 Å². The van der Waals surface area contributed by atoms with Crippen molar-refractivity contribution in [2.24, 2.45) is 0 Å². The lowest BCUT2D eigenvalue weighted by molar-refractivity contribution is -0.143. The fourth-order valence-electron chi connectivity index (χ4n) is 3.89. The smallest absolute Gasteiger partial charge is 0.343 e. The number of esters is 1. The van der Waals surface area contributed by atoms with Crippen LogP contribution in [-0.4, -0.2) is 59.5 Å². The number of aliphatic carboxylic acids is 1. The van der Waals surface area contributed by atoms with Crippen LogP contribution in [0.3, 0.4) is 0 Å². The summed E-state index contributed by atoms with van der Waals surface area (Å²) in [5.41, 5.74) is 1.97. The first kappa shape index (κ1) is 27.3. The number of aromatic nitrogens is 2. The quantitative estimate of drug-likeness (QED) is 0.165. The minimum Gasteiger partial charge on any atom is -0.497 e. The number of hydrogen-bond donors (Lipinski definition) is 1. The summed E-state index contributed by atoms with van der Waals surface area (Å²) in [6.45, 7) is -0.387. The van der Waals surface area contributed by atoms with Crippen LogP contribution in [0.5, 0.6) is 17.2 Å². The van der Waals surface area contributed by atoms with E-state index in [4.69, 9.17) is 14.2 Å². The third-order valence-corrected chi connectivity index (χ3v) is 6.46. The highest BCUT2D eigenvalue weighted by Crippen LogP contribution is 2.32. The summed E-state index contributed by atoms with van der Waals surface area (Å²) in [6, 6.07) is 16.1. The molecule has 0 atom stereocenters. The van der Waals surface area contributed by atoms with Gasteiger partial charge in [0.15, 0.2) is 12.4 Å². The standard InChI is InChI=1S/C28H24N2O8S/c1-35-19-8-4-16(5-9-19)27(32)21(26(28(33)34)18-7-11-22-23(13-18)30-39-29-22)12-17-6-10-20(36-2)14-24(17)38-15-25(31)37-3/h4-11,13-14H,12,15H2,1-3H3,(H,33,34). The summed E-state index contributed by atoms with van der Waals surface area (Å²) < 4.78 is 29.2. The summed E-state index contributed by atoms with van der Waals surface area (Å²) in [7, 11) is 4.22. The average molecular weight is 549 g/mol. The summed E-state index contributed by atoms with van der Waals surface area (Å²) >= 11 is 1.01. The second-order valence-electron chi connectivity index (χ2n) is 8.20. The van der Waals surface area contributed by atoms with Gasteiger partial charge in [-0.05, 0) is 53.6 Å². The molecular formula is C28H24N2O8S. The molecule has 1 N–H and O–H groups in total. The monoisotopic (exact) mass is 548 g/mol. The number of allylic oxidation sites excluding steroid dienone is 1. The highest BCUT2D eigenvalue weighted by Gasteiger charge is 2.26. The molecule has 0 amide bonds. The van der Waals surface area contributed by atoms with E-state index in [0.29, 0.717) is 33.7 Å². The molecule has 1 aromatic heterocycles. The number of rotatable bonds is 11. The van der Waals surface area contributed by atoms with Gasteiger partial charge in [0.05, 0.1) is 38.6 Å². The van der Waals surface area contributed by atoms with Gasteiger partial charge >= 0.3 is 11.9 Å². The number of methoxy groups -OCH3 is 3. The van der Waals surface area contributed by atoms with Crippen LogP contribution >= 0.6 is 11.7 Å². The summed E-state index contributed by atoms with van der Waals surface area (Å²) in [5, 5.41) is 10.4. The molecule has 4 aromatic rings. The predicted octanol–water partition coefficient (Wildman–Crippen LogP) is 4.22. The van der Waals surface area contributed by atoms with Crippen LogP contribution in [0.2, 0.25) is 0 Å². The second-order valence-corrected chi connectivity index (χ2v) is 8.73. The number of ketones is 1. The lowest BCUT2D eigenvalue weighted by Crippen LogP contribution is -2.16. The zero-order valence-electron chi connectivity index (χ0n) is 21.3. The third kappa shape index (κ3) is 6.21. The Hall–Kier alpha value is -4.77. The molecule has 0 aliphatic carbocycles.